The van der Waals surface area contributed by atoms with Crippen LogP contribution in [0.15, 0.2) is 24.3 Å². The lowest BCUT2D eigenvalue weighted by Gasteiger charge is -2.39. The summed E-state index contributed by atoms with van der Waals surface area (Å²) >= 11 is 1.03. The second-order valence-electron chi connectivity index (χ2n) is 7.45. The van der Waals surface area contributed by atoms with Crippen molar-refractivity contribution in [1.82, 2.24) is 15.1 Å². The Bertz CT molecular complexity index is 725. The van der Waals surface area contributed by atoms with Gasteiger partial charge in [0.1, 0.15) is 0 Å². The highest BCUT2D eigenvalue weighted by Crippen LogP contribution is 2.37. The Morgan fingerprint density at radius 3 is 2.59 bits per heavy atom. The SMILES string of the molecule is Cl.O=C(c1cccc(CN2C(=O)CSC2=O)c1)N1CCC2(CCNC2)CC1. The molecule has 3 aliphatic heterocycles. The van der Waals surface area contributed by atoms with Crippen LogP contribution >= 0.6 is 24.2 Å². The second-order valence-corrected chi connectivity index (χ2v) is 8.38. The highest BCUT2D eigenvalue weighted by Gasteiger charge is 2.38. The molecule has 0 radical (unpaired) electrons. The van der Waals surface area contributed by atoms with E-state index in [0.29, 0.717) is 11.0 Å². The topological polar surface area (TPSA) is 69.7 Å². The number of carbonyl (C=O) groups excluding carboxylic acids is 3. The fourth-order valence-electron chi connectivity index (χ4n) is 4.11. The molecule has 0 atom stereocenters. The summed E-state index contributed by atoms with van der Waals surface area (Å²) < 4.78 is 0. The second kappa shape index (κ2) is 8.20. The quantitative estimate of drug-likeness (QED) is 0.830. The monoisotopic (exact) mass is 409 g/mol. The van der Waals surface area contributed by atoms with Crippen molar-refractivity contribution in [3.8, 4) is 0 Å². The van der Waals surface area contributed by atoms with Crippen LogP contribution in [0.4, 0.5) is 4.79 Å². The smallest absolute Gasteiger partial charge is 0.289 e. The van der Waals surface area contributed by atoms with Gasteiger partial charge in [0, 0.05) is 25.2 Å². The van der Waals surface area contributed by atoms with Crippen LogP contribution in [-0.4, -0.2) is 58.8 Å². The third-order valence-corrected chi connectivity index (χ3v) is 6.66. The molecule has 6 nitrogen and oxygen atoms in total. The molecular formula is C19H24ClN3O3S. The van der Waals surface area contributed by atoms with Crippen molar-refractivity contribution in [1.29, 1.82) is 0 Å². The van der Waals surface area contributed by atoms with Crippen molar-refractivity contribution >= 4 is 41.2 Å². The Labute approximate surface area is 169 Å². The number of piperidine rings is 1. The summed E-state index contributed by atoms with van der Waals surface area (Å²) in [5, 5.41) is 3.23. The molecule has 0 unspecified atom stereocenters. The molecule has 0 saturated carbocycles. The zero-order valence-electron chi connectivity index (χ0n) is 15.1. The van der Waals surface area contributed by atoms with E-state index in [1.807, 2.05) is 29.2 Å². The molecule has 8 heteroatoms. The molecule has 0 aromatic heterocycles. The minimum atomic E-state index is -0.210. The predicted octanol–water partition coefficient (Wildman–Crippen LogP) is 2.52. The van der Waals surface area contributed by atoms with E-state index in [1.54, 1.807) is 0 Å². The van der Waals surface area contributed by atoms with Crippen LogP contribution in [0.1, 0.15) is 35.2 Å². The van der Waals surface area contributed by atoms with Gasteiger partial charge >= 0.3 is 0 Å². The molecule has 27 heavy (non-hydrogen) atoms. The molecule has 4 rings (SSSR count). The average molecular weight is 410 g/mol. The van der Waals surface area contributed by atoms with E-state index in [2.05, 4.69) is 5.32 Å². The lowest BCUT2D eigenvalue weighted by Crippen LogP contribution is -2.44. The van der Waals surface area contributed by atoms with Crippen LogP contribution < -0.4 is 5.32 Å². The van der Waals surface area contributed by atoms with Crippen LogP contribution in [0.5, 0.6) is 0 Å². The Hall–Kier alpha value is -1.57. The molecule has 3 fully saturated rings. The number of rotatable bonds is 3. The normalized spacial score (nSPS) is 21.6. The van der Waals surface area contributed by atoms with Gasteiger partial charge in [-0.1, -0.05) is 23.9 Å². The summed E-state index contributed by atoms with van der Waals surface area (Å²) in [5.41, 5.74) is 1.83. The van der Waals surface area contributed by atoms with Crippen molar-refractivity contribution in [3.63, 3.8) is 0 Å². The minimum Gasteiger partial charge on any atom is -0.339 e. The van der Waals surface area contributed by atoms with Crippen LogP contribution in [0.2, 0.25) is 0 Å². The van der Waals surface area contributed by atoms with Gasteiger partial charge in [-0.25, -0.2) is 0 Å². The molecule has 3 aliphatic rings. The maximum Gasteiger partial charge on any atom is 0.289 e. The Balaban J connectivity index is 0.00000210. The van der Waals surface area contributed by atoms with E-state index >= 15 is 0 Å². The van der Waals surface area contributed by atoms with Crippen LogP contribution in [0, 0.1) is 5.41 Å². The lowest BCUT2D eigenvalue weighted by molar-refractivity contribution is -0.125. The van der Waals surface area contributed by atoms with Gasteiger partial charge in [0.15, 0.2) is 0 Å². The van der Waals surface area contributed by atoms with E-state index in [0.717, 1.165) is 56.3 Å². The number of hydrogen-bond donors (Lipinski definition) is 1. The minimum absolute atomic E-state index is 0. The lowest BCUT2D eigenvalue weighted by atomic mass is 9.78. The van der Waals surface area contributed by atoms with E-state index in [-0.39, 0.29) is 41.8 Å². The third-order valence-electron chi connectivity index (χ3n) is 5.80. The number of imide groups is 1. The van der Waals surface area contributed by atoms with Gasteiger partial charge in [-0.2, -0.15) is 0 Å². The molecule has 3 heterocycles. The highest BCUT2D eigenvalue weighted by atomic mass is 35.5. The number of likely N-dealkylation sites (tertiary alicyclic amines) is 1. The molecule has 1 spiro atoms. The van der Waals surface area contributed by atoms with E-state index < -0.39 is 0 Å². The first-order valence-corrected chi connectivity index (χ1v) is 10.1. The summed E-state index contributed by atoms with van der Waals surface area (Å²) in [4.78, 5) is 39.6. The first-order chi connectivity index (χ1) is 12.6. The zero-order valence-corrected chi connectivity index (χ0v) is 16.7. The van der Waals surface area contributed by atoms with Gasteiger partial charge in [-0.15, -0.1) is 12.4 Å². The number of hydrogen-bond acceptors (Lipinski definition) is 5. The van der Waals surface area contributed by atoms with Gasteiger partial charge in [-0.3, -0.25) is 19.3 Å². The van der Waals surface area contributed by atoms with E-state index in [9.17, 15) is 14.4 Å². The van der Waals surface area contributed by atoms with Gasteiger partial charge in [0.05, 0.1) is 12.3 Å². The van der Waals surface area contributed by atoms with Gasteiger partial charge in [-0.05, 0) is 48.9 Å². The molecule has 0 aliphatic carbocycles. The van der Waals surface area contributed by atoms with Crippen LogP contribution in [0.25, 0.3) is 0 Å². The fraction of sp³-hybridized carbons (Fsp3) is 0.526. The zero-order chi connectivity index (χ0) is 18.1. The Kier molecular flexibility index (Phi) is 6.13. The Morgan fingerprint density at radius 1 is 1.19 bits per heavy atom. The molecular weight excluding hydrogens is 386 g/mol. The number of nitrogens with one attached hydrogen (secondary N) is 1. The van der Waals surface area contributed by atoms with Gasteiger partial charge in [0.2, 0.25) is 5.91 Å². The molecule has 3 saturated heterocycles. The fourth-order valence-corrected chi connectivity index (χ4v) is 4.83. The van der Waals surface area contributed by atoms with Crippen LogP contribution in [0.3, 0.4) is 0 Å². The largest absolute Gasteiger partial charge is 0.339 e. The number of amides is 3. The van der Waals surface area contributed by atoms with E-state index in [1.165, 1.54) is 11.3 Å². The standard InChI is InChI=1S/C19H23N3O3S.ClH/c23-16-12-26-18(25)22(16)11-14-2-1-3-15(10-14)17(24)21-8-5-19(6-9-21)4-7-20-13-19;/h1-3,10,20H,4-9,11-13H2;1H. The first kappa shape index (κ1) is 20.2. The van der Waals surface area contributed by atoms with Crippen LogP contribution in [-0.2, 0) is 11.3 Å². The van der Waals surface area contributed by atoms with Crippen molar-refractivity contribution in [3.05, 3.63) is 35.4 Å². The van der Waals surface area contributed by atoms with E-state index in [4.69, 9.17) is 0 Å². The molecule has 1 aromatic rings. The van der Waals surface area contributed by atoms with Crippen molar-refractivity contribution in [2.75, 3.05) is 31.9 Å². The van der Waals surface area contributed by atoms with Crippen molar-refractivity contribution in [2.24, 2.45) is 5.41 Å². The van der Waals surface area contributed by atoms with Crippen molar-refractivity contribution in [2.45, 2.75) is 25.8 Å². The predicted molar refractivity (Wildman–Crippen MR) is 107 cm³/mol. The first-order valence-electron chi connectivity index (χ1n) is 9.12. The third kappa shape index (κ3) is 4.15. The molecule has 3 amide bonds. The molecule has 0 bridgehead atoms. The summed E-state index contributed by atoms with van der Waals surface area (Å²) in [6.07, 6.45) is 3.32. The number of benzene rings is 1. The highest BCUT2D eigenvalue weighted by molar-refractivity contribution is 8.14. The van der Waals surface area contributed by atoms with Crippen molar-refractivity contribution < 1.29 is 14.4 Å². The van der Waals surface area contributed by atoms with Gasteiger partial charge < -0.3 is 10.2 Å². The Morgan fingerprint density at radius 2 is 1.96 bits per heavy atom. The number of halogens is 1. The summed E-state index contributed by atoms with van der Waals surface area (Å²) in [5.74, 6) is 0.0892. The molecule has 1 aromatic carbocycles. The molecule has 1 N–H and O–H groups in total. The maximum absolute atomic E-state index is 12.9. The summed E-state index contributed by atoms with van der Waals surface area (Å²) in [7, 11) is 0. The summed E-state index contributed by atoms with van der Waals surface area (Å²) in [6, 6.07) is 7.31. The molecule has 146 valence electrons. The number of nitrogens with zero attached hydrogens (tertiary/aromatic N) is 2. The summed E-state index contributed by atoms with van der Waals surface area (Å²) in [6.45, 7) is 3.98. The van der Waals surface area contributed by atoms with Gasteiger partial charge in [0.25, 0.3) is 11.1 Å². The average Bonchev–Trinajstić information content (AvgIpc) is 3.24. The maximum atomic E-state index is 12.9. The number of carbonyl (C=O) groups is 3. The number of thioether (sulfide) groups is 1.